The Bertz CT molecular complexity index is 213. The molecule has 58 valence electrons. The van der Waals surface area contributed by atoms with Crippen LogP contribution < -0.4 is 0 Å². The zero-order valence-corrected chi connectivity index (χ0v) is 6.57. The standard InChI is InChI=1S/C8H10N2O/c1-6(3-7(2)11)8(4-9)5-10/h3,6,8,11H,1-2H3/b7-3+/t6-/m1/s1. The third-order valence-corrected chi connectivity index (χ3v) is 1.31. The molecule has 0 amide bonds. The Morgan fingerprint density at radius 3 is 2.18 bits per heavy atom. The highest BCUT2D eigenvalue weighted by molar-refractivity contribution is 5.07. The number of rotatable bonds is 2. The molecule has 0 aromatic heterocycles. The first-order chi connectivity index (χ1) is 5.11. The van der Waals surface area contributed by atoms with Crippen LogP contribution in [0.3, 0.4) is 0 Å². The van der Waals surface area contributed by atoms with Crippen LogP contribution in [0.25, 0.3) is 0 Å². The van der Waals surface area contributed by atoms with E-state index < -0.39 is 5.92 Å². The molecule has 0 aliphatic heterocycles. The summed E-state index contributed by atoms with van der Waals surface area (Å²) in [6.45, 7) is 3.24. The van der Waals surface area contributed by atoms with E-state index in [1.165, 1.54) is 13.0 Å². The van der Waals surface area contributed by atoms with Crippen molar-refractivity contribution in [2.24, 2.45) is 11.8 Å². The summed E-state index contributed by atoms with van der Waals surface area (Å²) >= 11 is 0. The minimum atomic E-state index is -0.669. The Morgan fingerprint density at radius 1 is 1.45 bits per heavy atom. The van der Waals surface area contributed by atoms with Crippen molar-refractivity contribution in [2.75, 3.05) is 0 Å². The molecule has 0 saturated carbocycles. The van der Waals surface area contributed by atoms with E-state index in [4.69, 9.17) is 15.6 Å². The number of allylic oxidation sites excluding steroid dienone is 2. The highest BCUT2D eigenvalue weighted by Crippen LogP contribution is 2.12. The van der Waals surface area contributed by atoms with Gasteiger partial charge >= 0.3 is 0 Å². The summed E-state index contributed by atoms with van der Waals surface area (Å²) in [7, 11) is 0. The Morgan fingerprint density at radius 2 is 1.91 bits per heavy atom. The van der Waals surface area contributed by atoms with Crippen molar-refractivity contribution in [3.05, 3.63) is 11.8 Å². The summed E-state index contributed by atoms with van der Waals surface area (Å²) in [4.78, 5) is 0. The van der Waals surface area contributed by atoms with E-state index in [1.807, 2.05) is 12.1 Å². The van der Waals surface area contributed by atoms with Crippen molar-refractivity contribution in [1.29, 1.82) is 10.5 Å². The maximum absolute atomic E-state index is 8.80. The summed E-state index contributed by atoms with van der Waals surface area (Å²) in [6, 6.07) is 3.68. The molecule has 3 heteroatoms. The van der Waals surface area contributed by atoms with Gasteiger partial charge in [0.1, 0.15) is 5.92 Å². The monoisotopic (exact) mass is 150 g/mol. The Balaban J connectivity index is 4.28. The molecular formula is C8H10N2O. The van der Waals surface area contributed by atoms with Crippen molar-refractivity contribution < 1.29 is 5.11 Å². The molecule has 0 fully saturated rings. The molecule has 1 N–H and O–H groups in total. The summed E-state index contributed by atoms with van der Waals surface area (Å²) in [6.07, 6.45) is 1.50. The van der Waals surface area contributed by atoms with Gasteiger partial charge in [0.15, 0.2) is 0 Å². The second-order valence-electron chi connectivity index (χ2n) is 2.40. The Labute approximate surface area is 66.2 Å². The predicted molar refractivity (Wildman–Crippen MR) is 40.3 cm³/mol. The molecule has 0 radical (unpaired) electrons. The Hall–Kier alpha value is -1.48. The second kappa shape index (κ2) is 4.35. The van der Waals surface area contributed by atoms with Gasteiger partial charge in [0.2, 0.25) is 0 Å². The van der Waals surface area contributed by atoms with Crippen molar-refractivity contribution in [3.8, 4) is 12.1 Å². The quantitative estimate of drug-likeness (QED) is 0.609. The van der Waals surface area contributed by atoms with Crippen LogP contribution in [-0.2, 0) is 0 Å². The van der Waals surface area contributed by atoms with Crippen LogP contribution in [-0.4, -0.2) is 5.11 Å². The van der Waals surface area contributed by atoms with Crippen LogP contribution in [0.5, 0.6) is 0 Å². The topological polar surface area (TPSA) is 67.8 Å². The van der Waals surface area contributed by atoms with Crippen LogP contribution in [0.1, 0.15) is 13.8 Å². The number of hydrogen-bond donors (Lipinski definition) is 1. The van der Waals surface area contributed by atoms with Crippen LogP contribution in [0.15, 0.2) is 11.8 Å². The zero-order chi connectivity index (χ0) is 8.85. The molecule has 0 aliphatic carbocycles. The fourth-order valence-electron chi connectivity index (χ4n) is 0.741. The first-order valence-electron chi connectivity index (χ1n) is 3.28. The van der Waals surface area contributed by atoms with Crippen molar-refractivity contribution >= 4 is 0 Å². The number of hydrogen-bond acceptors (Lipinski definition) is 3. The fourth-order valence-corrected chi connectivity index (χ4v) is 0.741. The van der Waals surface area contributed by atoms with Gasteiger partial charge in [-0.2, -0.15) is 10.5 Å². The summed E-state index contributed by atoms with van der Waals surface area (Å²) in [5.74, 6) is -0.736. The van der Waals surface area contributed by atoms with E-state index in [-0.39, 0.29) is 11.7 Å². The number of nitrogens with zero attached hydrogens (tertiary/aromatic N) is 2. The van der Waals surface area contributed by atoms with Gasteiger partial charge < -0.3 is 5.11 Å². The SMILES string of the molecule is C/C(O)=C\[C@@H](C)C(C#N)C#N. The van der Waals surface area contributed by atoms with Crippen molar-refractivity contribution in [1.82, 2.24) is 0 Å². The maximum atomic E-state index is 8.80. The lowest BCUT2D eigenvalue weighted by atomic mass is 9.96. The molecule has 3 nitrogen and oxygen atoms in total. The highest BCUT2D eigenvalue weighted by Gasteiger charge is 2.12. The van der Waals surface area contributed by atoms with Crippen LogP contribution >= 0.6 is 0 Å². The van der Waals surface area contributed by atoms with Gasteiger partial charge in [0.25, 0.3) is 0 Å². The minimum Gasteiger partial charge on any atom is -0.513 e. The van der Waals surface area contributed by atoms with Crippen molar-refractivity contribution in [2.45, 2.75) is 13.8 Å². The third-order valence-electron chi connectivity index (χ3n) is 1.31. The van der Waals surface area contributed by atoms with E-state index in [2.05, 4.69) is 0 Å². The number of nitriles is 2. The molecule has 0 aromatic carbocycles. The largest absolute Gasteiger partial charge is 0.513 e. The van der Waals surface area contributed by atoms with Gasteiger partial charge in [-0.3, -0.25) is 0 Å². The summed E-state index contributed by atoms with van der Waals surface area (Å²) in [5, 5.41) is 25.7. The summed E-state index contributed by atoms with van der Waals surface area (Å²) in [5.41, 5.74) is 0. The normalized spacial score (nSPS) is 13.7. The molecule has 0 spiro atoms. The minimum absolute atomic E-state index is 0.146. The van der Waals surface area contributed by atoms with E-state index in [9.17, 15) is 0 Å². The van der Waals surface area contributed by atoms with Gasteiger partial charge in [0.05, 0.1) is 17.9 Å². The molecule has 0 saturated heterocycles. The lowest BCUT2D eigenvalue weighted by Crippen LogP contribution is -2.04. The average Bonchev–Trinajstić information content (AvgIpc) is 1.88. The van der Waals surface area contributed by atoms with Crippen LogP contribution in [0.4, 0.5) is 0 Å². The summed E-state index contributed by atoms with van der Waals surface area (Å²) < 4.78 is 0. The van der Waals surface area contributed by atoms with Crippen LogP contribution in [0, 0.1) is 34.5 Å². The fraction of sp³-hybridized carbons (Fsp3) is 0.500. The predicted octanol–water partition coefficient (Wildman–Crippen LogP) is 1.75. The molecule has 1 atom stereocenters. The van der Waals surface area contributed by atoms with E-state index in [1.54, 1.807) is 6.92 Å². The third kappa shape index (κ3) is 3.27. The molecule has 0 aliphatic rings. The number of aliphatic hydroxyl groups is 1. The first-order valence-corrected chi connectivity index (χ1v) is 3.28. The highest BCUT2D eigenvalue weighted by atomic mass is 16.3. The molecule has 0 aromatic rings. The van der Waals surface area contributed by atoms with E-state index >= 15 is 0 Å². The van der Waals surface area contributed by atoms with Gasteiger partial charge in [0, 0.05) is 5.92 Å². The average molecular weight is 150 g/mol. The van der Waals surface area contributed by atoms with Crippen molar-refractivity contribution in [3.63, 3.8) is 0 Å². The lowest BCUT2D eigenvalue weighted by molar-refractivity contribution is 0.403. The first kappa shape index (κ1) is 9.52. The molecule has 0 unspecified atom stereocenters. The van der Waals surface area contributed by atoms with E-state index in [0.717, 1.165) is 0 Å². The zero-order valence-electron chi connectivity index (χ0n) is 6.57. The lowest BCUT2D eigenvalue weighted by Gasteiger charge is -2.04. The molecule has 11 heavy (non-hydrogen) atoms. The second-order valence-corrected chi connectivity index (χ2v) is 2.40. The van der Waals surface area contributed by atoms with E-state index in [0.29, 0.717) is 0 Å². The molecule has 0 rings (SSSR count). The van der Waals surface area contributed by atoms with Crippen LogP contribution in [0.2, 0.25) is 0 Å². The maximum Gasteiger partial charge on any atom is 0.139 e. The smallest absolute Gasteiger partial charge is 0.139 e. The van der Waals surface area contributed by atoms with Gasteiger partial charge in [-0.25, -0.2) is 0 Å². The van der Waals surface area contributed by atoms with Gasteiger partial charge in [-0.15, -0.1) is 0 Å². The molecule has 0 bridgehead atoms. The number of aliphatic hydroxyl groups excluding tert-OH is 1. The van der Waals surface area contributed by atoms with Gasteiger partial charge in [-0.1, -0.05) is 6.92 Å². The molecule has 0 heterocycles. The Kier molecular flexibility index (Phi) is 3.77. The van der Waals surface area contributed by atoms with Gasteiger partial charge in [-0.05, 0) is 13.0 Å². The molecular weight excluding hydrogens is 140 g/mol.